The number of hydrogen-bond donors (Lipinski definition) is 4. The maximum Gasteiger partial charge on any atom is 0.257 e. The molecule has 0 aliphatic heterocycles. The molecule has 8 heteroatoms. The molecule has 0 atom stereocenters. The number of nitrogens with two attached hydrogens (primary N) is 1. The molecule has 0 aliphatic rings. The molecule has 21 heavy (non-hydrogen) atoms. The van der Waals surface area contributed by atoms with Crippen LogP contribution >= 0.6 is 0 Å². The number of phenolic OH excluding ortho intramolecular Hbond substituents is 1. The second-order valence-electron chi connectivity index (χ2n) is 4.58. The topological polar surface area (TPSA) is 125 Å². The fourth-order valence-electron chi connectivity index (χ4n) is 1.84. The highest BCUT2D eigenvalue weighted by atomic mass is 16.3. The number of anilines is 3. The lowest BCUT2D eigenvalue weighted by atomic mass is 10.1. The first-order valence-corrected chi connectivity index (χ1v) is 5.99. The first kappa shape index (κ1) is 14.5. The largest absolute Gasteiger partial charge is 0.505 e. The molecule has 0 unspecified atom stereocenters. The molecule has 0 spiro atoms. The van der Waals surface area contributed by atoms with Crippen LogP contribution in [0, 0.1) is 0 Å². The van der Waals surface area contributed by atoms with Gasteiger partial charge in [-0.1, -0.05) is 6.07 Å². The molecular weight excluding hydrogens is 276 g/mol. The molecule has 0 aliphatic carbocycles. The van der Waals surface area contributed by atoms with Crippen molar-refractivity contribution < 1.29 is 9.90 Å². The number of amides is 1. The van der Waals surface area contributed by atoms with Crippen LogP contribution in [0.25, 0.3) is 0 Å². The highest BCUT2D eigenvalue weighted by molar-refractivity contribution is 5.99. The van der Waals surface area contributed by atoms with Crippen molar-refractivity contribution in [2.24, 2.45) is 5.84 Å². The van der Waals surface area contributed by atoms with E-state index in [4.69, 9.17) is 5.84 Å². The Morgan fingerprint density at radius 1 is 1.19 bits per heavy atom. The monoisotopic (exact) mass is 290 g/mol. The van der Waals surface area contributed by atoms with Gasteiger partial charge in [0.2, 0.25) is 0 Å². The van der Waals surface area contributed by atoms with Gasteiger partial charge >= 0.3 is 0 Å². The molecule has 0 radical (unpaired) electrons. The SMILES string of the molecule is CN(C)C(=O)c1cccc(Nc2c(NN)c(=O)c2=O)c1O. The maximum atomic E-state index is 11.9. The smallest absolute Gasteiger partial charge is 0.257 e. The Balaban J connectivity index is 2.41. The standard InChI is InChI=1S/C13H14N4O4/c1-17(2)13(21)6-4-3-5-7(10(6)18)15-8-9(16-14)12(20)11(8)19/h3-5,15-16,18H,14H2,1-2H3. The maximum absolute atomic E-state index is 11.9. The third-order valence-electron chi connectivity index (χ3n) is 2.99. The minimum atomic E-state index is -0.744. The molecule has 2 aromatic carbocycles. The van der Waals surface area contributed by atoms with E-state index in [1.54, 1.807) is 20.2 Å². The zero-order valence-electron chi connectivity index (χ0n) is 11.4. The summed E-state index contributed by atoms with van der Waals surface area (Å²) < 4.78 is 0. The summed E-state index contributed by atoms with van der Waals surface area (Å²) in [5.41, 5.74) is 0.728. The van der Waals surface area contributed by atoms with Crippen LogP contribution in [0.3, 0.4) is 0 Å². The van der Waals surface area contributed by atoms with Crippen LogP contribution in [0.2, 0.25) is 0 Å². The Kier molecular flexibility index (Phi) is 3.64. The summed E-state index contributed by atoms with van der Waals surface area (Å²) in [6.07, 6.45) is 0. The average Bonchev–Trinajstić information content (AvgIpc) is 2.47. The van der Waals surface area contributed by atoms with Crippen molar-refractivity contribution in [1.82, 2.24) is 4.90 Å². The summed E-state index contributed by atoms with van der Waals surface area (Å²) in [6, 6.07) is 4.46. The van der Waals surface area contributed by atoms with Crippen LogP contribution in [0.4, 0.5) is 17.1 Å². The van der Waals surface area contributed by atoms with Crippen LogP contribution in [0.1, 0.15) is 10.4 Å². The van der Waals surface area contributed by atoms with E-state index < -0.39 is 16.8 Å². The van der Waals surface area contributed by atoms with Crippen molar-refractivity contribution in [3.63, 3.8) is 0 Å². The summed E-state index contributed by atoms with van der Waals surface area (Å²) in [5, 5.41) is 12.7. The fourth-order valence-corrected chi connectivity index (χ4v) is 1.84. The van der Waals surface area contributed by atoms with Gasteiger partial charge in [0.05, 0.1) is 11.3 Å². The third kappa shape index (κ3) is 2.32. The predicted octanol–water partition coefficient (Wildman–Crippen LogP) is -0.281. The van der Waals surface area contributed by atoms with E-state index in [0.29, 0.717) is 0 Å². The Labute approximate surface area is 119 Å². The van der Waals surface area contributed by atoms with Gasteiger partial charge in [-0.05, 0) is 12.1 Å². The molecule has 0 saturated heterocycles. The number of hydrogen-bond acceptors (Lipinski definition) is 7. The normalized spacial score (nSPS) is 10.4. The molecule has 5 N–H and O–H groups in total. The lowest BCUT2D eigenvalue weighted by Crippen LogP contribution is -2.38. The number of carbonyl (C=O) groups is 1. The van der Waals surface area contributed by atoms with Gasteiger partial charge in [0.1, 0.15) is 11.4 Å². The Morgan fingerprint density at radius 3 is 2.38 bits per heavy atom. The first-order valence-electron chi connectivity index (χ1n) is 5.99. The van der Waals surface area contributed by atoms with E-state index in [-0.39, 0.29) is 28.4 Å². The Morgan fingerprint density at radius 2 is 1.81 bits per heavy atom. The first-order chi connectivity index (χ1) is 9.88. The molecular formula is C13H14N4O4. The molecule has 0 fully saturated rings. The molecule has 1 amide bonds. The molecule has 8 nitrogen and oxygen atoms in total. The summed E-state index contributed by atoms with van der Waals surface area (Å²) in [6.45, 7) is 0. The summed E-state index contributed by atoms with van der Waals surface area (Å²) >= 11 is 0. The zero-order valence-corrected chi connectivity index (χ0v) is 11.4. The second-order valence-corrected chi connectivity index (χ2v) is 4.58. The molecule has 2 rings (SSSR count). The quantitative estimate of drug-likeness (QED) is 0.264. The highest BCUT2D eigenvalue weighted by Crippen LogP contribution is 2.31. The van der Waals surface area contributed by atoms with E-state index in [9.17, 15) is 19.5 Å². The van der Waals surface area contributed by atoms with E-state index >= 15 is 0 Å². The molecule has 0 bridgehead atoms. The number of phenols is 1. The van der Waals surface area contributed by atoms with Crippen molar-refractivity contribution in [2.75, 3.05) is 24.8 Å². The van der Waals surface area contributed by atoms with Crippen LogP contribution in [0.5, 0.6) is 5.75 Å². The third-order valence-corrected chi connectivity index (χ3v) is 2.99. The van der Waals surface area contributed by atoms with E-state index in [1.165, 1.54) is 17.0 Å². The van der Waals surface area contributed by atoms with E-state index in [2.05, 4.69) is 10.7 Å². The molecule has 0 heterocycles. The van der Waals surface area contributed by atoms with E-state index in [1.807, 2.05) is 0 Å². The zero-order chi connectivity index (χ0) is 15.7. The van der Waals surface area contributed by atoms with Crippen molar-refractivity contribution >= 4 is 23.0 Å². The van der Waals surface area contributed by atoms with Gasteiger partial charge < -0.3 is 20.7 Å². The van der Waals surface area contributed by atoms with Gasteiger partial charge in [0, 0.05) is 14.1 Å². The molecule has 2 aromatic rings. The number of para-hydroxylation sites is 1. The number of nitrogens with zero attached hydrogens (tertiary/aromatic N) is 1. The number of carbonyl (C=O) groups excluding carboxylic acids is 1. The predicted molar refractivity (Wildman–Crippen MR) is 78.6 cm³/mol. The van der Waals surface area contributed by atoms with Gasteiger partial charge in [0.25, 0.3) is 16.8 Å². The van der Waals surface area contributed by atoms with Crippen molar-refractivity contribution in [2.45, 2.75) is 0 Å². The van der Waals surface area contributed by atoms with E-state index in [0.717, 1.165) is 0 Å². The van der Waals surface area contributed by atoms with Crippen molar-refractivity contribution in [3.05, 3.63) is 44.2 Å². The van der Waals surface area contributed by atoms with Crippen molar-refractivity contribution in [1.29, 1.82) is 0 Å². The van der Waals surface area contributed by atoms with Gasteiger partial charge in [-0.2, -0.15) is 0 Å². The lowest BCUT2D eigenvalue weighted by molar-refractivity contribution is 0.0825. The number of aromatic hydroxyl groups is 1. The van der Waals surface area contributed by atoms with Gasteiger partial charge in [-0.25, -0.2) is 0 Å². The van der Waals surface area contributed by atoms with Gasteiger partial charge in [0.15, 0.2) is 5.75 Å². The van der Waals surface area contributed by atoms with Crippen molar-refractivity contribution in [3.8, 4) is 5.75 Å². The number of nitrogens with one attached hydrogen (secondary N) is 2. The molecule has 110 valence electrons. The second kappa shape index (κ2) is 5.25. The Hall–Kier alpha value is -2.87. The summed E-state index contributed by atoms with van der Waals surface area (Å²) in [4.78, 5) is 35.9. The number of rotatable bonds is 4. The van der Waals surface area contributed by atoms with Crippen LogP contribution in [-0.2, 0) is 0 Å². The molecule has 0 aromatic heterocycles. The molecule has 0 saturated carbocycles. The van der Waals surface area contributed by atoms with Gasteiger partial charge in [-0.15, -0.1) is 0 Å². The minimum absolute atomic E-state index is 0.0488. The summed E-state index contributed by atoms with van der Waals surface area (Å²) in [7, 11) is 3.10. The fraction of sp³-hybridized carbons (Fsp3) is 0.154. The number of benzene rings is 1. The minimum Gasteiger partial charge on any atom is -0.505 e. The van der Waals surface area contributed by atoms with Crippen LogP contribution < -0.4 is 27.4 Å². The Bertz CT molecular complexity index is 775. The summed E-state index contributed by atoms with van der Waals surface area (Å²) in [5.74, 6) is 4.44. The highest BCUT2D eigenvalue weighted by Gasteiger charge is 2.22. The number of hydrazine groups is 1. The van der Waals surface area contributed by atoms with Crippen LogP contribution in [-0.4, -0.2) is 30.0 Å². The van der Waals surface area contributed by atoms with Gasteiger partial charge in [-0.3, -0.25) is 20.2 Å². The number of nitrogen functional groups attached to an aromatic ring is 1. The van der Waals surface area contributed by atoms with Crippen LogP contribution in [0.15, 0.2) is 27.8 Å². The lowest BCUT2D eigenvalue weighted by Gasteiger charge is -2.16. The average molecular weight is 290 g/mol.